The molecule has 0 atom stereocenters. The Morgan fingerprint density at radius 1 is 2.00 bits per heavy atom. The fourth-order valence-corrected chi connectivity index (χ4v) is 0.691. The summed E-state index contributed by atoms with van der Waals surface area (Å²) in [6.45, 7) is 3.05. The van der Waals surface area contributed by atoms with E-state index in [4.69, 9.17) is 8.48 Å². The van der Waals surface area contributed by atoms with Gasteiger partial charge in [-0.3, -0.25) is 0 Å². The summed E-state index contributed by atoms with van der Waals surface area (Å²) in [5.74, 6) is -0.0417. The molecule has 1 aliphatic rings. The molecule has 2 N–H and O–H groups in total. The molecule has 3 heteroatoms. The zero-order valence-corrected chi connectivity index (χ0v) is 5.51. The number of nitrogens with two attached hydrogens (primary N) is 1. The zero-order chi connectivity index (χ0) is 8.86. The van der Waals surface area contributed by atoms with Gasteiger partial charge in [-0.05, 0) is 26.3 Å². The second kappa shape index (κ2) is 1.64. The first kappa shape index (κ1) is 4.17. The first-order valence-electron chi connectivity index (χ1n) is 3.75. The quantitative estimate of drug-likeness (QED) is 0.525. The summed E-state index contributed by atoms with van der Waals surface area (Å²) < 4.78 is 14.8. The summed E-state index contributed by atoms with van der Waals surface area (Å²) >= 11 is 0. The Morgan fingerprint density at radius 3 is 2.67 bits per heavy atom. The fourth-order valence-electron chi connectivity index (χ4n) is 0.691. The van der Waals surface area contributed by atoms with E-state index in [-0.39, 0.29) is 5.82 Å². The SMILES string of the molecule is [2H]C1([2H])C=C(N)N([O-])C1(C)C. The van der Waals surface area contributed by atoms with E-state index in [9.17, 15) is 5.21 Å². The van der Waals surface area contributed by atoms with Crippen LogP contribution in [0.25, 0.3) is 0 Å². The highest BCUT2D eigenvalue weighted by Gasteiger charge is 2.24. The molecule has 0 amide bonds. The highest BCUT2D eigenvalue weighted by Crippen LogP contribution is 2.27. The summed E-state index contributed by atoms with van der Waals surface area (Å²) in [5, 5.41) is 11.6. The van der Waals surface area contributed by atoms with Crippen molar-refractivity contribution in [2.75, 3.05) is 0 Å². The number of hydroxylamine groups is 2. The lowest BCUT2D eigenvalue weighted by Crippen LogP contribution is -2.35. The van der Waals surface area contributed by atoms with Crippen molar-refractivity contribution in [3.8, 4) is 0 Å². The summed E-state index contributed by atoms with van der Waals surface area (Å²) in [6.07, 6.45) is -0.487. The lowest BCUT2D eigenvalue weighted by molar-refractivity contribution is 0.263. The summed E-state index contributed by atoms with van der Waals surface area (Å²) in [4.78, 5) is 0. The van der Waals surface area contributed by atoms with Gasteiger partial charge in [0, 0.05) is 8.28 Å². The summed E-state index contributed by atoms with van der Waals surface area (Å²) in [5.41, 5.74) is 4.18. The van der Waals surface area contributed by atoms with E-state index in [1.807, 2.05) is 0 Å². The van der Waals surface area contributed by atoms with Gasteiger partial charge in [-0.2, -0.15) is 0 Å². The van der Waals surface area contributed by atoms with Gasteiger partial charge in [0.1, 0.15) is 0 Å². The van der Waals surface area contributed by atoms with Gasteiger partial charge in [0.15, 0.2) is 0 Å². The molecule has 3 nitrogen and oxygen atoms in total. The monoisotopic (exact) mass is 129 g/mol. The topological polar surface area (TPSA) is 52.3 Å². The maximum absolute atomic E-state index is 11.1. The molecule has 0 aromatic rings. The van der Waals surface area contributed by atoms with E-state index in [2.05, 4.69) is 0 Å². The van der Waals surface area contributed by atoms with Crippen LogP contribution >= 0.6 is 0 Å². The first-order valence-corrected chi connectivity index (χ1v) is 2.75. The third-order valence-electron chi connectivity index (χ3n) is 1.32. The molecule has 0 saturated heterocycles. The van der Waals surface area contributed by atoms with Crippen molar-refractivity contribution in [1.29, 1.82) is 0 Å². The number of hydrogen-bond acceptors (Lipinski definition) is 3. The van der Waals surface area contributed by atoms with Crippen molar-refractivity contribution < 1.29 is 2.74 Å². The molecule has 0 radical (unpaired) electrons. The van der Waals surface area contributed by atoms with Gasteiger partial charge in [-0.1, -0.05) is 0 Å². The molecule has 1 rings (SSSR count). The first-order chi connectivity index (χ1) is 4.79. The van der Waals surface area contributed by atoms with Crippen molar-refractivity contribution in [3.05, 3.63) is 17.1 Å². The molecule has 0 bridgehead atoms. The minimum atomic E-state index is -1.64. The van der Waals surface area contributed by atoms with Gasteiger partial charge in [0.25, 0.3) is 0 Å². The van der Waals surface area contributed by atoms with Crippen LogP contribution < -0.4 is 5.73 Å². The number of hydrogen-bond donors (Lipinski definition) is 1. The maximum atomic E-state index is 11.1. The van der Waals surface area contributed by atoms with Crippen LogP contribution in [0.2, 0.25) is 0 Å². The number of rotatable bonds is 0. The van der Waals surface area contributed by atoms with Crippen LogP contribution in [0.4, 0.5) is 0 Å². The fraction of sp³-hybridized carbons (Fsp3) is 0.667. The smallest absolute Gasteiger partial charge is 0.0842 e. The predicted molar refractivity (Wildman–Crippen MR) is 36.2 cm³/mol. The Morgan fingerprint density at radius 2 is 2.56 bits per heavy atom. The minimum absolute atomic E-state index is 0.0417. The second-order valence-electron chi connectivity index (χ2n) is 2.57. The van der Waals surface area contributed by atoms with Crippen LogP contribution in [0.3, 0.4) is 0 Å². The van der Waals surface area contributed by atoms with E-state index in [1.54, 1.807) is 0 Å². The second-order valence-corrected chi connectivity index (χ2v) is 2.57. The molecule has 1 aliphatic heterocycles. The van der Waals surface area contributed by atoms with Crippen molar-refractivity contribution in [3.63, 3.8) is 0 Å². The Balaban J connectivity index is 3.05. The average molecular weight is 129 g/mol. The maximum Gasteiger partial charge on any atom is 0.0842 e. The Labute approximate surface area is 57.5 Å². The summed E-state index contributed by atoms with van der Waals surface area (Å²) in [6, 6.07) is 0. The van der Waals surface area contributed by atoms with Crippen LogP contribution in [-0.2, 0) is 0 Å². The molecule has 52 valence electrons. The van der Waals surface area contributed by atoms with Gasteiger partial charge >= 0.3 is 0 Å². The molecule has 0 fully saturated rings. The Hall–Kier alpha value is -0.700. The lowest BCUT2D eigenvalue weighted by atomic mass is 10.0. The molecule has 0 aromatic carbocycles. The highest BCUT2D eigenvalue weighted by molar-refractivity contribution is 5.12. The zero-order valence-electron chi connectivity index (χ0n) is 7.51. The largest absolute Gasteiger partial charge is 0.757 e. The van der Waals surface area contributed by atoms with Gasteiger partial charge < -0.3 is 16.0 Å². The predicted octanol–water partition coefficient (Wildman–Crippen LogP) is 0.769. The van der Waals surface area contributed by atoms with Crippen LogP contribution in [0.1, 0.15) is 23.0 Å². The van der Waals surface area contributed by atoms with E-state index in [1.165, 1.54) is 13.8 Å². The van der Waals surface area contributed by atoms with Gasteiger partial charge in [0.2, 0.25) is 0 Å². The van der Waals surface area contributed by atoms with E-state index in [0.29, 0.717) is 5.06 Å². The Bertz CT molecular complexity index is 213. The van der Waals surface area contributed by atoms with Gasteiger partial charge in [-0.15, -0.1) is 0 Å². The third kappa shape index (κ3) is 0.876. The third-order valence-corrected chi connectivity index (χ3v) is 1.32. The summed E-state index contributed by atoms with van der Waals surface area (Å²) in [7, 11) is 0. The molecule has 9 heavy (non-hydrogen) atoms. The van der Waals surface area contributed by atoms with E-state index < -0.39 is 11.9 Å². The average Bonchev–Trinajstić information content (AvgIpc) is 1.93. The van der Waals surface area contributed by atoms with Crippen molar-refractivity contribution in [2.24, 2.45) is 5.73 Å². The van der Waals surface area contributed by atoms with Crippen molar-refractivity contribution in [1.82, 2.24) is 5.06 Å². The molecule has 0 saturated carbocycles. The lowest BCUT2D eigenvalue weighted by Gasteiger charge is -2.40. The van der Waals surface area contributed by atoms with Crippen LogP contribution in [-0.4, -0.2) is 10.6 Å². The van der Waals surface area contributed by atoms with Gasteiger partial charge in [0.05, 0.1) is 5.82 Å². The normalized spacial score (nSPS) is 33.2. The van der Waals surface area contributed by atoms with Crippen LogP contribution in [0.15, 0.2) is 11.9 Å². The van der Waals surface area contributed by atoms with E-state index in [0.717, 1.165) is 6.08 Å². The number of nitrogens with zero attached hydrogens (tertiary/aromatic N) is 1. The minimum Gasteiger partial charge on any atom is -0.757 e. The van der Waals surface area contributed by atoms with Crippen molar-refractivity contribution >= 4 is 0 Å². The standard InChI is InChI=1S/C6H11N2O/c1-6(2)4-3-5(7)8(6)9/h3H,4,7H2,1-2H3/q-1/i4D2. The van der Waals surface area contributed by atoms with Crippen LogP contribution in [0.5, 0.6) is 0 Å². The van der Waals surface area contributed by atoms with Crippen molar-refractivity contribution in [2.45, 2.75) is 25.8 Å². The molecule has 0 spiro atoms. The highest BCUT2D eigenvalue weighted by atomic mass is 16.5. The molecule has 0 unspecified atom stereocenters. The molecular formula is C6H11N2O-. The molecular weight excluding hydrogens is 116 g/mol. The van der Waals surface area contributed by atoms with Gasteiger partial charge in [-0.25, -0.2) is 0 Å². The Kier molecular flexibility index (Phi) is 0.759. The molecule has 0 aromatic heterocycles. The molecule has 1 heterocycles. The molecule has 0 aliphatic carbocycles. The van der Waals surface area contributed by atoms with Crippen LogP contribution in [0, 0.1) is 5.21 Å². The van der Waals surface area contributed by atoms with E-state index >= 15 is 0 Å².